The maximum atomic E-state index is 12.0. The number of carbonyl (C=O) groups excluding carboxylic acids is 1. The number of nitrogens with one attached hydrogen (secondary N) is 2. The molecule has 1 aromatic rings. The summed E-state index contributed by atoms with van der Waals surface area (Å²) in [4.78, 5) is 13.2. The number of anilines is 1. The summed E-state index contributed by atoms with van der Waals surface area (Å²) in [5.41, 5.74) is 0.896. The predicted molar refractivity (Wildman–Crippen MR) is 72.4 cm³/mol. The van der Waals surface area contributed by atoms with Gasteiger partial charge in [0.2, 0.25) is 5.91 Å². The van der Waals surface area contributed by atoms with E-state index in [9.17, 15) is 4.79 Å². The standard InChI is InChI=1S/C13H18N2OS/c1-17-12-6-2-5-11(8-12)15-13(16)10-4-3-7-14-9-10/h2,5-6,8,10,14H,3-4,7,9H2,1H3,(H,15,16)/t10-/m1/s1. The van der Waals surface area contributed by atoms with Crippen molar-refractivity contribution in [1.82, 2.24) is 5.32 Å². The van der Waals surface area contributed by atoms with Crippen LogP contribution < -0.4 is 10.6 Å². The van der Waals surface area contributed by atoms with Gasteiger partial charge in [-0.15, -0.1) is 11.8 Å². The van der Waals surface area contributed by atoms with Crippen molar-refractivity contribution in [3.05, 3.63) is 24.3 Å². The molecule has 0 aromatic heterocycles. The first-order valence-electron chi connectivity index (χ1n) is 5.95. The van der Waals surface area contributed by atoms with Crippen LogP contribution in [0.2, 0.25) is 0 Å². The molecule has 92 valence electrons. The monoisotopic (exact) mass is 250 g/mol. The summed E-state index contributed by atoms with van der Waals surface area (Å²) in [5.74, 6) is 0.247. The molecule has 0 spiro atoms. The molecule has 4 heteroatoms. The smallest absolute Gasteiger partial charge is 0.228 e. The van der Waals surface area contributed by atoms with Gasteiger partial charge in [-0.05, 0) is 43.8 Å². The van der Waals surface area contributed by atoms with Gasteiger partial charge in [0.15, 0.2) is 0 Å². The van der Waals surface area contributed by atoms with Crippen LogP contribution >= 0.6 is 11.8 Å². The third-order valence-electron chi connectivity index (χ3n) is 3.00. The van der Waals surface area contributed by atoms with Gasteiger partial charge in [-0.2, -0.15) is 0 Å². The topological polar surface area (TPSA) is 41.1 Å². The SMILES string of the molecule is CSc1cccc(NC(=O)[C@@H]2CCCNC2)c1. The van der Waals surface area contributed by atoms with Crippen LogP contribution in [0.1, 0.15) is 12.8 Å². The van der Waals surface area contributed by atoms with Crippen molar-refractivity contribution in [1.29, 1.82) is 0 Å². The minimum atomic E-state index is 0.113. The molecule has 0 radical (unpaired) electrons. The highest BCUT2D eigenvalue weighted by Gasteiger charge is 2.20. The second-order valence-corrected chi connectivity index (χ2v) is 5.14. The van der Waals surface area contributed by atoms with E-state index in [1.54, 1.807) is 11.8 Å². The van der Waals surface area contributed by atoms with Gasteiger partial charge in [-0.25, -0.2) is 0 Å². The number of thioether (sulfide) groups is 1. The van der Waals surface area contributed by atoms with E-state index < -0.39 is 0 Å². The lowest BCUT2D eigenvalue weighted by Gasteiger charge is -2.21. The highest BCUT2D eigenvalue weighted by atomic mass is 32.2. The average Bonchev–Trinajstić information content (AvgIpc) is 2.40. The zero-order valence-electron chi connectivity index (χ0n) is 10.0. The number of amides is 1. The first kappa shape index (κ1) is 12.5. The lowest BCUT2D eigenvalue weighted by Crippen LogP contribution is -2.37. The van der Waals surface area contributed by atoms with Gasteiger partial charge < -0.3 is 10.6 Å². The van der Waals surface area contributed by atoms with Gasteiger partial charge >= 0.3 is 0 Å². The van der Waals surface area contributed by atoms with Crippen LogP contribution in [0, 0.1) is 5.92 Å². The van der Waals surface area contributed by atoms with Crippen LogP contribution in [0.3, 0.4) is 0 Å². The Kier molecular flexibility index (Phi) is 4.45. The molecule has 3 nitrogen and oxygen atoms in total. The molecule has 1 heterocycles. The van der Waals surface area contributed by atoms with Gasteiger partial charge in [0.1, 0.15) is 0 Å². The Morgan fingerprint density at radius 3 is 3.12 bits per heavy atom. The molecule has 1 fully saturated rings. The van der Waals surface area contributed by atoms with E-state index in [1.807, 2.05) is 30.5 Å². The molecule has 2 rings (SSSR count). The van der Waals surface area contributed by atoms with Crippen LogP contribution in [0.15, 0.2) is 29.2 Å². The van der Waals surface area contributed by atoms with Gasteiger partial charge in [0, 0.05) is 17.1 Å². The number of benzene rings is 1. The molecular formula is C13H18N2OS. The average molecular weight is 250 g/mol. The predicted octanol–water partition coefficient (Wildman–Crippen LogP) is 2.35. The third-order valence-corrected chi connectivity index (χ3v) is 3.73. The van der Waals surface area contributed by atoms with Gasteiger partial charge in [-0.1, -0.05) is 6.07 Å². The zero-order chi connectivity index (χ0) is 12.1. The molecule has 0 aliphatic carbocycles. The van der Waals surface area contributed by atoms with E-state index in [0.29, 0.717) is 0 Å². The van der Waals surface area contributed by atoms with E-state index >= 15 is 0 Å². The fourth-order valence-electron chi connectivity index (χ4n) is 2.02. The lowest BCUT2D eigenvalue weighted by atomic mass is 9.99. The summed E-state index contributed by atoms with van der Waals surface area (Å²) in [5, 5.41) is 6.25. The normalized spacial score (nSPS) is 19.9. The summed E-state index contributed by atoms with van der Waals surface area (Å²) in [7, 11) is 0. The minimum Gasteiger partial charge on any atom is -0.326 e. The van der Waals surface area contributed by atoms with E-state index in [0.717, 1.165) is 31.6 Å². The van der Waals surface area contributed by atoms with Crippen molar-refractivity contribution in [2.75, 3.05) is 24.7 Å². The number of rotatable bonds is 3. The quantitative estimate of drug-likeness (QED) is 0.809. The van der Waals surface area contributed by atoms with E-state index in [1.165, 1.54) is 4.90 Å². The summed E-state index contributed by atoms with van der Waals surface area (Å²) in [6, 6.07) is 7.97. The Bertz CT molecular complexity index is 389. The number of piperidine rings is 1. The Balaban J connectivity index is 1.96. The number of hydrogen-bond acceptors (Lipinski definition) is 3. The lowest BCUT2D eigenvalue weighted by molar-refractivity contribution is -0.120. The van der Waals surface area contributed by atoms with E-state index in [2.05, 4.69) is 10.6 Å². The van der Waals surface area contributed by atoms with E-state index in [-0.39, 0.29) is 11.8 Å². The van der Waals surface area contributed by atoms with Gasteiger partial charge in [-0.3, -0.25) is 4.79 Å². The van der Waals surface area contributed by atoms with Crippen molar-refractivity contribution in [2.24, 2.45) is 5.92 Å². The highest BCUT2D eigenvalue weighted by molar-refractivity contribution is 7.98. The van der Waals surface area contributed by atoms with Crippen molar-refractivity contribution >= 4 is 23.4 Å². The molecule has 1 atom stereocenters. The largest absolute Gasteiger partial charge is 0.326 e. The zero-order valence-corrected chi connectivity index (χ0v) is 10.8. The Hall–Kier alpha value is -1.00. The Morgan fingerprint density at radius 2 is 2.41 bits per heavy atom. The van der Waals surface area contributed by atoms with Crippen molar-refractivity contribution < 1.29 is 4.79 Å². The first-order valence-corrected chi connectivity index (χ1v) is 7.17. The van der Waals surface area contributed by atoms with Gasteiger partial charge in [0.05, 0.1) is 5.92 Å². The highest BCUT2D eigenvalue weighted by Crippen LogP contribution is 2.20. The van der Waals surface area contributed by atoms with E-state index in [4.69, 9.17) is 0 Å². The molecule has 0 saturated carbocycles. The molecule has 1 aliphatic rings. The maximum Gasteiger partial charge on any atom is 0.228 e. The maximum absolute atomic E-state index is 12.0. The fourth-order valence-corrected chi connectivity index (χ4v) is 2.48. The summed E-state index contributed by atoms with van der Waals surface area (Å²) < 4.78 is 0. The van der Waals surface area contributed by atoms with Crippen LogP contribution in [-0.4, -0.2) is 25.3 Å². The van der Waals surface area contributed by atoms with Gasteiger partial charge in [0.25, 0.3) is 0 Å². The van der Waals surface area contributed by atoms with Crippen molar-refractivity contribution in [2.45, 2.75) is 17.7 Å². The van der Waals surface area contributed by atoms with Crippen molar-refractivity contribution in [3.63, 3.8) is 0 Å². The molecule has 0 unspecified atom stereocenters. The molecule has 1 saturated heterocycles. The first-order chi connectivity index (χ1) is 8.29. The van der Waals surface area contributed by atoms with Crippen LogP contribution in [0.4, 0.5) is 5.69 Å². The molecule has 1 aromatic carbocycles. The molecule has 0 bridgehead atoms. The molecule has 1 aliphatic heterocycles. The van der Waals surface area contributed by atoms with Crippen molar-refractivity contribution in [3.8, 4) is 0 Å². The van der Waals surface area contributed by atoms with Crippen LogP contribution in [0.25, 0.3) is 0 Å². The van der Waals surface area contributed by atoms with Crippen LogP contribution in [-0.2, 0) is 4.79 Å². The molecule has 1 amide bonds. The molecule has 17 heavy (non-hydrogen) atoms. The second kappa shape index (κ2) is 6.07. The molecular weight excluding hydrogens is 232 g/mol. The second-order valence-electron chi connectivity index (χ2n) is 4.26. The molecule has 2 N–H and O–H groups in total. The Labute approximate surface area is 106 Å². The summed E-state index contributed by atoms with van der Waals surface area (Å²) >= 11 is 1.68. The number of hydrogen-bond donors (Lipinski definition) is 2. The summed E-state index contributed by atoms with van der Waals surface area (Å²) in [6.45, 7) is 1.83. The van der Waals surface area contributed by atoms with Crippen LogP contribution in [0.5, 0.6) is 0 Å². The third kappa shape index (κ3) is 3.48. The minimum absolute atomic E-state index is 0.113. The Morgan fingerprint density at radius 1 is 1.53 bits per heavy atom. The fraction of sp³-hybridized carbons (Fsp3) is 0.462. The number of carbonyl (C=O) groups is 1. The summed E-state index contributed by atoms with van der Waals surface area (Å²) in [6.07, 6.45) is 4.11.